The van der Waals surface area contributed by atoms with Crippen LogP contribution in [0.25, 0.3) is 0 Å². The largest absolute Gasteiger partial charge is 0.481 e. The smallest absolute Gasteiger partial charge is 0.408 e. The second-order valence-electron chi connectivity index (χ2n) is 8.18. The number of nitrogens with one attached hydrogen (secondary N) is 1. The average Bonchev–Trinajstić information content (AvgIpc) is 2.35. The van der Waals surface area contributed by atoms with Crippen LogP contribution in [-0.4, -0.2) is 32.7 Å². The Balaban J connectivity index is 2.08. The zero-order chi connectivity index (χ0) is 19.0. The molecular weight excluding hydrogens is 322 g/mol. The third kappa shape index (κ3) is 4.67. The predicted molar refractivity (Wildman–Crippen MR) is 92.3 cm³/mol. The van der Waals surface area contributed by atoms with E-state index in [1.807, 2.05) is 20.8 Å². The Hall–Kier alpha value is -2.18. The molecule has 0 saturated heterocycles. The summed E-state index contributed by atoms with van der Waals surface area (Å²) >= 11 is 0. The minimum absolute atomic E-state index is 0.143. The molecule has 0 atom stereocenters. The molecule has 2 rings (SSSR count). The molecule has 1 saturated carbocycles. The second kappa shape index (κ2) is 6.61. The van der Waals surface area contributed by atoms with Crippen molar-refractivity contribution in [3.63, 3.8) is 0 Å². The van der Waals surface area contributed by atoms with Gasteiger partial charge in [-0.15, -0.1) is 0 Å². The number of amides is 1. The van der Waals surface area contributed by atoms with Gasteiger partial charge in [0, 0.05) is 5.92 Å². The highest BCUT2D eigenvalue weighted by Gasteiger charge is 2.37. The van der Waals surface area contributed by atoms with Crippen LogP contribution in [0.1, 0.15) is 70.5 Å². The van der Waals surface area contributed by atoms with E-state index in [0.717, 1.165) is 11.4 Å². The van der Waals surface area contributed by atoms with E-state index in [9.17, 15) is 9.59 Å². The molecule has 25 heavy (non-hydrogen) atoms. The number of carbonyl (C=O) groups is 2. The lowest BCUT2D eigenvalue weighted by Gasteiger charge is -2.33. The second-order valence-corrected chi connectivity index (χ2v) is 8.18. The van der Waals surface area contributed by atoms with Crippen LogP contribution in [0.2, 0.25) is 0 Å². The fraction of sp³-hybridized carbons (Fsp3) is 0.667. The normalized spacial score (nSPS) is 20.6. The van der Waals surface area contributed by atoms with Gasteiger partial charge in [0.15, 0.2) is 0 Å². The van der Waals surface area contributed by atoms with Crippen molar-refractivity contribution in [2.75, 3.05) is 0 Å². The number of carbonyl (C=O) groups excluding carboxylic acids is 1. The number of hydrogen-bond donors (Lipinski definition) is 2. The molecule has 0 aromatic carbocycles. The standard InChI is InChI=1S/C18H27N3O4/c1-10-14(11-7-12(8-11)15(22)23)19-9-13(20-10)18(5,6)21-16(24)25-17(2,3)4/h9,11-12H,7-8H2,1-6H3,(H,21,24)(H,22,23). The summed E-state index contributed by atoms with van der Waals surface area (Å²) in [5, 5.41) is 11.8. The van der Waals surface area contributed by atoms with Gasteiger partial charge in [-0.25, -0.2) is 4.79 Å². The quantitative estimate of drug-likeness (QED) is 0.866. The van der Waals surface area contributed by atoms with Crippen molar-refractivity contribution in [1.82, 2.24) is 15.3 Å². The maximum Gasteiger partial charge on any atom is 0.408 e. The van der Waals surface area contributed by atoms with Crippen LogP contribution >= 0.6 is 0 Å². The van der Waals surface area contributed by atoms with Gasteiger partial charge in [0.05, 0.1) is 34.7 Å². The number of rotatable bonds is 4. The molecule has 1 heterocycles. The fourth-order valence-corrected chi connectivity index (χ4v) is 2.86. The topological polar surface area (TPSA) is 101 Å². The van der Waals surface area contributed by atoms with Gasteiger partial charge in [-0.1, -0.05) is 0 Å². The minimum atomic E-state index is -0.749. The summed E-state index contributed by atoms with van der Waals surface area (Å²) in [5.41, 5.74) is 0.937. The molecule has 0 radical (unpaired) electrons. The first-order valence-electron chi connectivity index (χ1n) is 8.47. The van der Waals surface area contributed by atoms with Crippen molar-refractivity contribution in [1.29, 1.82) is 0 Å². The Kier molecular flexibility index (Phi) is 5.06. The SMILES string of the molecule is Cc1nc(C(C)(C)NC(=O)OC(C)(C)C)cnc1C1CC(C(=O)O)C1. The van der Waals surface area contributed by atoms with Crippen LogP contribution < -0.4 is 5.32 Å². The number of nitrogens with zero attached hydrogens (tertiary/aromatic N) is 2. The highest BCUT2D eigenvalue weighted by atomic mass is 16.6. The first kappa shape index (κ1) is 19.1. The number of aromatic nitrogens is 2. The summed E-state index contributed by atoms with van der Waals surface area (Å²) in [6.07, 6.45) is 2.34. The van der Waals surface area contributed by atoms with Gasteiger partial charge >= 0.3 is 12.1 Å². The van der Waals surface area contributed by atoms with Gasteiger partial charge in [-0.3, -0.25) is 14.8 Å². The van der Waals surface area contributed by atoms with Crippen LogP contribution in [0.3, 0.4) is 0 Å². The lowest BCUT2D eigenvalue weighted by atomic mass is 9.73. The molecule has 1 aromatic rings. The number of ether oxygens (including phenoxy) is 1. The Bertz CT molecular complexity index is 673. The number of carboxylic acid groups (broad SMARTS) is 1. The van der Waals surface area contributed by atoms with E-state index in [0.29, 0.717) is 18.5 Å². The summed E-state index contributed by atoms with van der Waals surface area (Å²) in [7, 11) is 0. The highest BCUT2D eigenvalue weighted by Crippen LogP contribution is 2.41. The molecular formula is C18H27N3O4. The van der Waals surface area contributed by atoms with Crippen molar-refractivity contribution in [3.8, 4) is 0 Å². The van der Waals surface area contributed by atoms with E-state index in [1.54, 1.807) is 27.0 Å². The summed E-state index contributed by atoms with van der Waals surface area (Å²) < 4.78 is 5.29. The molecule has 138 valence electrons. The summed E-state index contributed by atoms with van der Waals surface area (Å²) in [6.45, 7) is 11.0. The lowest BCUT2D eigenvalue weighted by molar-refractivity contribution is -0.145. The van der Waals surface area contributed by atoms with Crippen molar-refractivity contribution in [3.05, 3.63) is 23.3 Å². The van der Waals surface area contributed by atoms with Gasteiger partial charge in [0.1, 0.15) is 5.60 Å². The zero-order valence-corrected chi connectivity index (χ0v) is 15.7. The molecule has 1 fully saturated rings. The molecule has 0 bridgehead atoms. The Morgan fingerprint density at radius 1 is 1.24 bits per heavy atom. The van der Waals surface area contributed by atoms with E-state index >= 15 is 0 Å². The third-order valence-corrected chi connectivity index (χ3v) is 4.31. The van der Waals surface area contributed by atoms with E-state index in [4.69, 9.17) is 9.84 Å². The molecule has 1 aliphatic carbocycles. The molecule has 2 N–H and O–H groups in total. The predicted octanol–water partition coefficient (Wildman–Crippen LogP) is 3.12. The monoisotopic (exact) mass is 349 g/mol. The van der Waals surface area contributed by atoms with Crippen LogP contribution in [0.15, 0.2) is 6.20 Å². The van der Waals surface area contributed by atoms with Gasteiger partial charge in [-0.2, -0.15) is 0 Å². The molecule has 1 aliphatic rings. The lowest BCUT2D eigenvalue weighted by Crippen LogP contribution is -2.44. The Morgan fingerprint density at radius 3 is 2.32 bits per heavy atom. The van der Waals surface area contributed by atoms with E-state index in [1.165, 1.54) is 0 Å². The minimum Gasteiger partial charge on any atom is -0.481 e. The number of carboxylic acids is 1. The molecule has 0 unspecified atom stereocenters. The van der Waals surface area contributed by atoms with E-state index < -0.39 is 23.2 Å². The molecule has 0 aliphatic heterocycles. The van der Waals surface area contributed by atoms with Crippen LogP contribution in [-0.2, 0) is 15.1 Å². The molecule has 1 aromatic heterocycles. The van der Waals surface area contributed by atoms with Gasteiger partial charge in [-0.05, 0) is 54.4 Å². The molecule has 7 nitrogen and oxygen atoms in total. The number of alkyl carbamates (subject to hydrolysis) is 1. The van der Waals surface area contributed by atoms with Crippen LogP contribution in [0.5, 0.6) is 0 Å². The maximum absolute atomic E-state index is 12.0. The maximum atomic E-state index is 12.0. The summed E-state index contributed by atoms with van der Waals surface area (Å²) in [4.78, 5) is 32.1. The van der Waals surface area contributed by atoms with Crippen LogP contribution in [0, 0.1) is 12.8 Å². The van der Waals surface area contributed by atoms with Gasteiger partial charge in [0.25, 0.3) is 0 Å². The molecule has 7 heteroatoms. The summed E-state index contributed by atoms with van der Waals surface area (Å²) in [6, 6.07) is 0. The highest BCUT2D eigenvalue weighted by molar-refractivity contribution is 5.71. The Labute approximate surface area is 148 Å². The molecule has 1 amide bonds. The number of hydrogen-bond acceptors (Lipinski definition) is 5. The van der Waals surface area contributed by atoms with Crippen molar-refractivity contribution >= 4 is 12.1 Å². The number of aliphatic carboxylic acids is 1. The van der Waals surface area contributed by atoms with Gasteiger partial charge in [0.2, 0.25) is 0 Å². The Morgan fingerprint density at radius 2 is 1.84 bits per heavy atom. The zero-order valence-electron chi connectivity index (χ0n) is 15.7. The summed E-state index contributed by atoms with van der Waals surface area (Å²) in [5.74, 6) is -0.887. The van der Waals surface area contributed by atoms with Crippen molar-refractivity contribution in [2.24, 2.45) is 5.92 Å². The molecule has 0 spiro atoms. The first-order chi connectivity index (χ1) is 11.4. The number of aryl methyl sites for hydroxylation is 1. The fourth-order valence-electron chi connectivity index (χ4n) is 2.86. The average molecular weight is 349 g/mol. The van der Waals surface area contributed by atoms with Crippen LogP contribution in [0.4, 0.5) is 4.79 Å². The van der Waals surface area contributed by atoms with Crippen molar-refractivity contribution < 1.29 is 19.4 Å². The van der Waals surface area contributed by atoms with E-state index in [2.05, 4.69) is 15.3 Å². The van der Waals surface area contributed by atoms with Gasteiger partial charge < -0.3 is 15.2 Å². The van der Waals surface area contributed by atoms with E-state index in [-0.39, 0.29) is 11.8 Å². The first-order valence-corrected chi connectivity index (χ1v) is 8.47. The third-order valence-electron chi connectivity index (χ3n) is 4.31. The van der Waals surface area contributed by atoms with Crippen molar-refractivity contribution in [2.45, 2.75) is 71.4 Å².